The zero-order chi connectivity index (χ0) is 20.2. The van der Waals surface area contributed by atoms with Gasteiger partial charge in [-0.2, -0.15) is 0 Å². The molecule has 0 radical (unpaired) electrons. The summed E-state index contributed by atoms with van der Waals surface area (Å²) >= 11 is 6.14. The van der Waals surface area contributed by atoms with E-state index in [1.54, 1.807) is 36.4 Å². The van der Waals surface area contributed by atoms with Gasteiger partial charge in [-0.3, -0.25) is 4.79 Å². The zero-order valence-corrected chi connectivity index (χ0v) is 16.6. The van der Waals surface area contributed by atoms with Crippen molar-refractivity contribution < 1.29 is 19.1 Å². The fraction of sp³-hybridized carbons (Fsp3) is 0.333. The molecule has 8 heteroatoms. The molecule has 2 aliphatic heterocycles. The molecule has 4 rings (SSSR count). The fourth-order valence-electron chi connectivity index (χ4n) is 3.41. The minimum absolute atomic E-state index is 0.0845. The van der Waals surface area contributed by atoms with Crippen molar-refractivity contribution in [1.29, 1.82) is 0 Å². The van der Waals surface area contributed by atoms with Crippen LogP contribution in [0.3, 0.4) is 0 Å². The van der Waals surface area contributed by atoms with Crippen molar-refractivity contribution in [2.24, 2.45) is 0 Å². The van der Waals surface area contributed by atoms with Crippen LogP contribution < -0.4 is 20.1 Å². The topological polar surface area (TPSA) is 79.9 Å². The molecule has 2 heterocycles. The highest BCUT2D eigenvalue weighted by molar-refractivity contribution is 6.32. The number of carbonyl (C=O) groups excluding carboxylic acids is 2. The van der Waals surface area contributed by atoms with E-state index in [1.165, 1.54) is 12.8 Å². The number of amides is 3. The maximum absolute atomic E-state index is 12.5. The molecular formula is C21H22ClN3O4. The van der Waals surface area contributed by atoms with Crippen molar-refractivity contribution in [2.45, 2.75) is 25.7 Å². The van der Waals surface area contributed by atoms with Gasteiger partial charge in [0.2, 0.25) is 6.79 Å². The number of nitrogens with zero attached hydrogens (tertiary/aromatic N) is 1. The first-order valence-electron chi connectivity index (χ1n) is 9.66. The Morgan fingerprint density at radius 1 is 0.897 bits per heavy atom. The Labute approximate surface area is 173 Å². The lowest BCUT2D eigenvalue weighted by atomic mass is 10.1. The predicted molar refractivity (Wildman–Crippen MR) is 111 cm³/mol. The summed E-state index contributed by atoms with van der Waals surface area (Å²) in [4.78, 5) is 26.8. The lowest BCUT2D eigenvalue weighted by molar-refractivity contribution is 0.102. The van der Waals surface area contributed by atoms with Crippen LogP contribution in [0.25, 0.3) is 0 Å². The maximum atomic E-state index is 12.5. The van der Waals surface area contributed by atoms with E-state index in [0.717, 1.165) is 25.9 Å². The highest BCUT2D eigenvalue weighted by Gasteiger charge is 2.21. The van der Waals surface area contributed by atoms with Gasteiger partial charge in [0, 0.05) is 30.0 Å². The molecule has 29 heavy (non-hydrogen) atoms. The molecule has 2 aromatic carbocycles. The minimum Gasteiger partial charge on any atom is -0.454 e. The van der Waals surface area contributed by atoms with Gasteiger partial charge in [-0.15, -0.1) is 0 Å². The largest absolute Gasteiger partial charge is 0.454 e. The molecule has 152 valence electrons. The molecule has 0 atom stereocenters. The van der Waals surface area contributed by atoms with E-state index in [-0.39, 0.29) is 18.7 Å². The molecule has 2 aliphatic rings. The van der Waals surface area contributed by atoms with Crippen LogP contribution >= 0.6 is 11.6 Å². The Balaban J connectivity index is 1.37. The third-order valence-electron chi connectivity index (χ3n) is 4.98. The summed E-state index contributed by atoms with van der Waals surface area (Å²) in [6.45, 7) is 1.67. The van der Waals surface area contributed by atoms with E-state index in [2.05, 4.69) is 10.6 Å². The molecule has 0 aliphatic carbocycles. The van der Waals surface area contributed by atoms with Gasteiger partial charge in [-0.05, 0) is 49.2 Å². The Morgan fingerprint density at radius 2 is 1.55 bits per heavy atom. The molecule has 0 saturated carbocycles. The molecule has 2 N–H and O–H groups in total. The van der Waals surface area contributed by atoms with Gasteiger partial charge in [0.1, 0.15) is 0 Å². The summed E-state index contributed by atoms with van der Waals surface area (Å²) in [6, 6.07) is 10.1. The van der Waals surface area contributed by atoms with E-state index in [1.807, 2.05) is 4.90 Å². The van der Waals surface area contributed by atoms with E-state index in [9.17, 15) is 9.59 Å². The van der Waals surface area contributed by atoms with Crippen molar-refractivity contribution in [3.05, 3.63) is 47.0 Å². The third kappa shape index (κ3) is 4.56. The van der Waals surface area contributed by atoms with Crippen molar-refractivity contribution in [1.82, 2.24) is 4.90 Å². The van der Waals surface area contributed by atoms with Crippen LogP contribution in [0, 0.1) is 0 Å². The zero-order valence-electron chi connectivity index (χ0n) is 15.9. The van der Waals surface area contributed by atoms with Crippen LogP contribution in [-0.4, -0.2) is 36.7 Å². The number of fused-ring (bicyclic) bond motifs is 1. The van der Waals surface area contributed by atoms with Crippen molar-refractivity contribution in [3.8, 4) is 11.5 Å². The second-order valence-corrected chi connectivity index (χ2v) is 7.46. The standard InChI is InChI=1S/C21H22ClN3O4/c22-17-11-14(12-18-19(17)29-13-28-18)20(26)23-15-5-7-16(8-6-15)24-21(27)25-9-3-1-2-4-10-25/h5-8,11-12H,1-4,9-10,13H2,(H,23,26)(H,24,27). The molecule has 2 aromatic rings. The number of halogens is 1. The van der Waals surface area contributed by atoms with Gasteiger partial charge in [-0.25, -0.2) is 4.79 Å². The number of likely N-dealkylation sites (tertiary alicyclic amines) is 1. The van der Waals surface area contributed by atoms with Crippen LogP contribution in [-0.2, 0) is 0 Å². The average molecular weight is 416 g/mol. The van der Waals surface area contributed by atoms with Crippen LogP contribution in [0.1, 0.15) is 36.0 Å². The van der Waals surface area contributed by atoms with E-state index >= 15 is 0 Å². The highest BCUT2D eigenvalue weighted by atomic mass is 35.5. The smallest absolute Gasteiger partial charge is 0.321 e. The Morgan fingerprint density at radius 3 is 2.24 bits per heavy atom. The van der Waals surface area contributed by atoms with Gasteiger partial charge in [0.05, 0.1) is 5.02 Å². The number of nitrogens with one attached hydrogen (secondary N) is 2. The molecule has 1 saturated heterocycles. The summed E-state index contributed by atoms with van der Waals surface area (Å²) in [7, 11) is 0. The molecular weight excluding hydrogens is 394 g/mol. The highest BCUT2D eigenvalue weighted by Crippen LogP contribution is 2.39. The predicted octanol–water partition coefficient (Wildman–Crippen LogP) is 4.73. The number of anilines is 2. The van der Waals surface area contributed by atoms with Crippen LogP contribution in [0.15, 0.2) is 36.4 Å². The first kappa shape index (κ1) is 19.4. The van der Waals surface area contributed by atoms with Crippen molar-refractivity contribution in [2.75, 3.05) is 30.5 Å². The lowest BCUT2D eigenvalue weighted by Crippen LogP contribution is -2.35. The van der Waals surface area contributed by atoms with Gasteiger partial charge in [0.15, 0.2) is 11.5 Å². The number of hydrogen-bond acceptors (Lipinski definition) is 4. The minimum atomic E-state index is -0.313. The summed E-state index contributed by atoms with van der Waals surface area (Å²) in [5.74, 6) is 0.591. The molecule has 7 nitrogen and oxygen atoms in total. The number of carbonyl (C=O) groups is 2. The first-order chi connectivity index (χ1) is 14.1. The van der Waals surface area contributed by atoms with Gasteiger partial charge < -0.3 is 25.0 Å². The second-order valence-electron chi connectivity index (χ2n) is 7.05. The van der Waals surface area contributed by atoms with Gasteiger partial charge in [0.25, 0.3) is 5.91 Å². The number of hydrogen-bond donors (Lipinski definition) is 2. The Bertz CT molecular complexity index is 909. The summed E-state index contributed by atoms with van der Waals surface area (Å²) in [6.07, 6.45) is 4.43. The number of benzene rings is 2. The normalized spacial score (nSPS) is 15.6. The van der Waals surface area contributed by atoms with Crippen LogP contribution in [0.2, 0.25) is 5.02 Å². The summed E-state index contributed by atoms with van der Waals surface area (Å²) in [5, 5.41) is 6.06. The van der Waals surface area contributed by atoms with Crippen molar-refractivity contribution in [3.63, 3.8) is 0 Å². The molecule has 1 fully saturated rings. The van der Waals surface area contributed by atoms with E-state index < -0.39 is 0 Å². The molecule has 0 unspecified atom stereocenters. The molecule has 3 amide bonds. The van der Waals surface area contributed by atoms with Gasteiger partial charge >= 0.3 is 6.03 Å². The number of rotatable bonds is 3. The molecule has 0 bridgehead atoms. The Kier molecular flexibility index (Phi) is 5.76. The van der Waals surface area contributed by atoms with Crippen LogP contribution in [0.4, 0.5) is 16.2 Å². The number of urea groups is 1. The molecule has 0 spiro atoms. The first-order valence-corrected chi connectivity index (χ1v) is 10.0. The number of ether oxygens (including phenoxy) is 2. The maximum Gasteiger partial charge on any atom is 0.321 e. The SMILES string of the molecule is O=C(Nc1ccc(NC(=O)N2CCCCCC2)cc1)c1cc(Cl)c2c(c1)OCO2. The van der Waals surface area contributed by atoms with Gasteiger partial charge in [-0.1, -0.05) is 24.4 Å². The van der Waals surface area contributed by atoms with Crippen LogP contribution in [0.5, 0.6) is 11.5 Å². The fourth-order valence-corrected chi connectivity index (χ4v) is 3.68. The monoisotopic (exact) mass is 415 g/mol. The lowest BCUT2D eigenvalue weighted by Gasteiger charge is -2.20. The Hall–Kier alpha value is -2.93. The average Bonchev–Trinajstić information content (AvgIpc) is 3.03. The van der Waals surface area contributed by atoms with Crippen molar-refractivity contribution >= 4 is 34.9 Å². The summed E-state index contributed by atoms with van der Waals surface area (Å²) < 4.78 is 10.6. The summed E-state index contributed by atoms with van der Waals surface area (Å²) in [5.41, 5.74) is 1.66. The third-order valence-corrected chi connectivity index (χ3v) is 5.26. The van der Waals surface area contributed by atoms with E-state index in [4.69, 9.17) is 21.1 Å². The quantitative estimate of drug-likeness (QED) is 0.759. The second kappa shape index (κ2) is 8.61. The molecule has 0 aromatic heterocycles. The van der Waals surface area contributed by atoms with E-state index in [0.29, 0.717) is 33.5 Å².